The second-order valence-corrected chi connectivity index (χ2v) is 7.59. The molecular formula is C17H20N4O2S. The zero-order chi connectivity index (χ0) is 17.2. The van der Waals surface area contributed by atoms with Crippen LogP contribution in [0.1, 0.15) is 0 Å². The normalized spacial score (nSPS) is 12.1. The maximum Gasteiger partial charge on any atom is 0.240 e. The fourth-order valence-corrected chi connectivity index (χ4v) is 3.53. The fraction of sp³-hybridized carbons (Fsp3) is 0.235. The second-order valence-electron chi connectivity index (χ2n) is 5.82. The Labute approximate surface area is 141 Å². The lowest BCUT2D eigenvalue weighted by Gasteiger charge is -2.11. The number of sulfonamides is 1. The summed E-state index contributed by atoms with van der Waals surface area (Å²) in [6.07, 6.45) is 3.58. The standard InChI is InChI=1S/C17H20N4O2S/c1-21(2)12-11-20-24(22,23)14-5-3-13(4-6-14)15-7-9-18-17-16(15)8-10-19-17/h3-10,20H,11-12H2,1-2H3,(H,18,19). The molecule has 3 rings (SSSR count). The number of aromatic amines is 1. The van der Waals surface area contributed by atoms with Gasteiger partial charge in [-0.2, -0.15) is 0 Å². The number of benzene rings is 1. The van der Waals surface area contributed by atoms with Crippen molar-refractivity contribution in [1.82, 2.24) is 19.6 Å². The summed E-state index contributed by atoms with van der Waals surface area (Å²) in [5.74, 6) is 0. The highest BCUT2D eigenvalue weighted by molar-refractivity contribution is 7.89. The third-order valence-electron chi connectivity index (χ3n) is 3.79. The minimum atomic E-state index is -3.48. The minimum absolute atomic E-state index is 0.268. The first-order valence-corrected chi connectivity index (χ1v) is 9.12. The Kier molecular flexibility index (Phi) is 4.66. The molecule has 2 heterocycles. The molecule has 0 aliphatic rings. The van der Waals surface area contributed by atoms with Crippen molar-refractivity contribution in [1.29, 1.82) is 0 Å². The van der Waals surface area contributed by atoms with Gasteiger partial charge < -0.3 is 9.88 Å². The van der Waals surface area contributed by atoms with Crippen molar-refractivity contribution in [3.63, 3.8) is 0 Å². The molecule has 0 saturated heterocycles. The van der Waals surface area contributed by atoms with Crippen LogP contribution in [0.5, 0.6) is 0 Å². The van der Waals surface area contributed by atoms with Crippen LogP contribution >= 0.6 is 0 Å². The number of fused-ring (bicyclic) bond motifs is 1. The number of nitrogens with one attached hydrogen (secondary N) is 2. The van der Waals surface area contributed by atoms with Gasteiger partial charge in [-0.25, -0.2) is 18.1 Å². The number of hydrogen-bond acceptors (Lipinski definition) is 4. The average Bonchev–Trinajstić information content (AvgIpc) is 3.03. The van der Waals surface area contributed by atoms with Gasteiger partial charge in [0.05, 0.1) is 4.90 Å². The summed E-state index contributed by atoms with van der Waals surface area (Å²) in [5.41, 5.74) is 2.79. The van der Waals surface area contributed by atoms with E-state index < -0.39 is 10.0 Å². The fourth-order valence-electron chi connectivity index (χ4n) is 2.51. The molecule has 2 N–H and O–H groups in total. The molecule has 0 amide bonds. The number of likely N-dealkylation sites (N-methyl/N-ethyl adjacent to an activating group) is 1. The third kappa shape index (κ3) is 3.48. The summed E-state index contributed by atoms with van der Waals surface area (Å²) in [7, 11) is 0.323. The molecule has 0 radical (unpaired) electrons. The molecule has 0 atom stereocenters. The number of hydrogen-bond donors (Lipinski definition) is 2. The molecule has 6 nitrogen and oxygen atoms in total. The average molecular weight is 344 g/mol. The summed E-state index contributed by atoms with van der Waals surface area (Å²) in [6, 6.07) is 10.8. The Morgan fingerprint density at radius 3 is 2.58 bits per heavy atom. The van der Waals surface area contributed by atoms with Crippen LogP contribution in [0.15, 0.2) is 53.7 Å². The SMILES string of the molecule is CN(C)CCNS(=O)(=O)c1ccc(-c2ccnc3[nH]ccc23)cc1. The number of pyridine rings is 1. The molecule has 0 saturated carbocycles. The van der Waals surface area contributed by atoms with Gasteiger partial charge in [0.25, 0.3) is 0 Å². The van der Waals surface area contributed by atoms with Gasteiger partial charge in [0.1, 0.15) is 5.65 Å². The van der Waals surface area contributed by atoms with Crippen molar-refractivity contribution in [3.8, 4) is 11.1 Å². The maximum atomic E-state index is 12.3. The Hall–Kier alpha value is -2.22. The van der Waals surface area contributed by atoms with E-state index in [4.69, 9.17) is 0 Å². The lowest BCUT2D eigenvalue weighted by Crippen LogP contribution is -2.31. The first-order valence-electron chi connectivity index (χ1n) is 7.64. The molecule has 1 aromatic carbocycles. The smallest absolute Gasteiger partial charge is 0.240 e. The number of rotatable bonds is 6. The van der Waals surface area contributed by atoms with Gasteiger partial charge in [0, 0.05) is 30.9 Å². The van der Waals surface area contributed by atoms with Crippen molar-refractivity contribution in [2.75, 3.05) is 27.2 Å². The summed E-state index contributed by atoms with van der Waals surface area (Å²) >= 11 is 0. The topological polar surface area (TPSA) is 78.1 Å². The van der Waals surface area contributed by atoms with Gasteiger partial charge >= 0.3 is 0 Å². The highest BCUT2D eigenvalue weighted by Crippen LogP contribution is 2.27. The highest BCUT2D eigenvalue weighted by atomic mass is 32.2. The molecule has 3 aromatic rings. The van der Waals surface area contributed by atoms with E-state index in [0.29, 0.717) is 13.1 Å². The van der Waals surface area contributed by atoms with Crippen LogP contribution in [0, 0.1) is 0 Å². The summed E-state index contributed by atoms with van der Waals surface area (Å²) in [6.45, 7) is 1.03. The van der Waals surface area contributed by atoms with Crippen molar-refractivity contribution in [3.05, 3.63) is 48.8 Å². The lowest BCUT2D eigenvalue weighted by atomic mass is 10.0. The lowest BCUT2D eigenvalue weighted by molar-refractivity contribution is 0.412. The zero-order valence-corrected chi connectivity index (χ0v) is 14.5. The number of aromatic nitrogens is 2. The minimum Gasteiger partial charge on any atom is -0.346 e. The summed E-state index contributed by atoms with van der Waals surface area (Å²) < 4.78 is 27.2. The van der Waals surface area contributed by atoms with E-state index in [1.807, 2.05) is 49.5 Å². The molecule has 0 aliphatic heterocycles. The quantitative estimate of drug-likeness (QED) is 0.717. The largest absolute Gasteiger partial charge is 0.346 e. The monoisotopic (exact) mass is 344 g/mol. The number of nitrogens with zero attached hydrogens (tertiary/aromatic N) is 2. The molecular weight excluding hydrogens is 324 g/mol. The third-order valence-corrected chi connectivity index (χ3v) is 5.26. The zero-order valence-electron chi connectivity index (χ0n) is 13.7. The molecule has 0 aliphatic carbocycles. The molecule has 126 valence electrons. The molecule has 0 unspecified atom stereocenters. The van der Waals surface area contributed by atoms with E-state index in [0.717, 1.165) is 22.2 Å². The van der Waals surface area contributed by atoms with Crippen molar-refractivity contribution >= 4 is 21.1 Å². The van der Waals surface area contributed by atoms with Crippen LogP contribution in [-0.2, 0) is 10.0 Å². The first kappa shape index (κ1) is 16.6. The van der Waals surface area contributed by atoms with Crippen molar-refractivity contribution < 1.29 is 8.42 Å². The van der Waals surface area contributed by atoms with Gasteiger partial charge in [0.15, 0.2) is 0 Å². The van der Waals surface area contributed by atoms with E-state index in [1.165, 1.54) is 0 Å². The molecule has 2 aromatic heterocycles. The molecule has 0 fully saturated rings. The second kappa shape index (κ2) is 6.72. The van der Waals surface area contributed by atoms with E-state index in [1.54, 1.807) is 18.3 Å². The summed E-state index contributed by atoms with van der Waals surface area (Å²) in [4.78, 5) is 9.54. The van der Waals surface area contributed by atoms with Crippen LogP contribution in [-0.4, -0.2) is 50.5 Å². The predicted molar refractivity (Wildman–Crippen MR) is 95.3 cm³/mol. The van der Waals surface area contributed by atoms with Gasteiger partial charge in [-0.1, -0.05) is 12.1 Å². The van der Waals surface area contributed by atoms with Gasteiger partial charge in [-0.3, -0.25) is 0 Å². The Balaban J connectivity index is 1.84. The Morgan fingerprint density at radius 2 is 1.88 bits per heavy atom. The first-order chi connectivity index (χ1) is 11.5. The molecule has 7 heteroatoms. The van der Waals surface area contributed by atoms with Crippen LogP contribution < -0.4 is 4.72 Å². The predicted octanol–water partition coefficient (Wildman–Crippen LogP) is 2.07. The van der Waals surface area contributed by atoms with Crippen molar-refractivity contribution in [2.45, 2.75) is 4.90 Å². The van der Waals surface area contributed by atoms with E-state index in [9.17, 15) is 8.42 Å². The Morgan fingerprint density at radius 1 is 1.12 bits per heavy atom. The van der Waals surface area contributed by atoms with Crippen molar-refractivity contribution in [2.24, 2.45) is 0 Å². The van der Waals surface area contributed by atoms with Crippen LogP contribution in [0.4, 0.5) is 0 Å². The molecule has 0 spiro atoms. The van der Waals surface area contributed by atoms with Crippen LogP contribution in [0.3, 0.4) is 0 Å². The van der Waals surface area contributed by atoms with E-state index in [2.05, 4.69) is 14.7 Å². The van der Waals surface area contributed by atoms with E-state index in [-0.39, 0.29) is 4.90 Å². The molecule has 0 bridgehead atoms. The maximum absolute atomic E-state index is 12.3. The highest BCUT2D eigenvalue weighted by Gasteiger charge is 2.14. The van der Waals surface area contributed by atoms with Gasteiger partial charge in [-0.05, 0) is 49.5 Å². The van der Waals surface area contributed by atoms with E-state index >= 15 is 0 Å². The number of H-pyrrole nitrogens is 1. The Bertz CT molecular complexity index is 931. The van der Waals surface area contributed by atoms with Gasteiger partial charge in [0.2, 0.25) is 10.0 Å². The molecule has 24 heavy (non-hydrogen) atoms. The summed E-state index contributed by atoms with van der Waals surface area (Å²) in [5, 5.41) is 1.01. The van der Waals surface area contributed by atoms with Gasteiger partial charge in [-0.15, -0.1) is 0 Å². The van der Waals surface area contributed by atoms with Crippen LogP contribution in [0.2, 0.25) is 0 Å². The van der Waals surface area contributed by atoms with Crippen LogP contribution in [0.25, 0.3) is 22.2 Å².